The number of hydrogen-bond acceptors (Lipinski definition) is 4. The number of benzene rings is 2. The third-order valence-corrected chi connectivity index (χ3v) is 3.90. The van der Waals surface area contributed by atoms with Crippen molar-refractivity contribution in [3.63, 3.8) is 0 Å². The Labute approximate surface area is 182 Å². The number of rotatable bonds is 8. The Kier molecular flexibility index (Phi) is 10.1. The molecular weight excluding hydrogens is 471 g/mol. The molecule has 2 aromatic rings. The van der Waals surface area contributed by atoms with E-state index in [0.717, 1.165) is 22.8 Å². The zero-order chi connectivity index (χ0) is 19.6. The van der Waals surface area contributed by atoms with Crippen molar-refractivity contribution in [2.45, 2.75) is 13.1 Å². The summed E-state index contributed by atoms with van der Waals surface area (Å²) in [7, 11) is 5.38. The molecule has 0 unspecified atom stereocenters. The number of halogens is 1. The summed E-state index contributed by atoms with van der Waals surface area (Å²) in [5.41, 5.74) is 7.19. The van der Waals surface area contributed by atoms with Gasteiger partial charge in [-0.25, -0.2) is 0 Å². The first kappa shape index (κ1) is 23.5. The van der Waals surface area contributed by atoms with E-state index in [1.807, 2.05) is 54.4 Å². The van der Waals surface area contributed by atoms with E-state index in [2.05, 4.69) is 10.3 Å². The third-order valence-electron chi connectivity index (χ3n) is 3.90. The van der Waals surface area contributed by atoms with Gasteiger partial charge in [-0.05, 0) is 23.8 Å². The lowest BCUT2D eigenvalue weighted by Crippen LogP contribution is -2.38. The van der Waals surface area contributed by atoms with Crippen LogP contribution in [0.15, 0.2) is 53.5 Å². The maximum atomic E-state index is 10.8. The lowest BCUT2D eigenvalue weighted by Gasteiger charge is -2.23. The molecule has 152 valence electrons. The van der Waals surface area contributed by atoms with Gasteiger partial charge in [0.05, 0.1) is 7.11 Å². The minimum absolute atomic E-state index is 0. The predicted molar refractivity (Wildman–Crippen MR) is 121 cm³/mol. The van der Waals surface area contributed by atoms with E-state index in [1.54, 1.807) is 20.2 Å². The number of nitrogens with zero attached hydrogens (tertiary/aromatic N) is 2. The predicted octanol–water partition coefficient (Wildman–Crippen LogP) is 2.38. The molecule has 0 saturated carbocycles. The molecule has 0 aliphatic rings. The minimum Gasteiger partial charge on any atom is -0.496 e. The number of para-hydroxylation sites is 1. The van der Waals surface area contributed by atoms with Crippen LogP contribution in [0, 0.1) is 0 Å². The summed E-state index contributed by atoms with van der Waals surface area (Å²) in [5.74, 6) is 1.70. The van der Waals surface area contributed by atoms with Gasteiger partial charge in [0.2, 0.25) is 0 Å². The highest BCUT2D eigenvalue weighted by atomic mass is 127. The molecule has 7 nitrogen and oxygen atoms in total. The van der Waals surface area contributed by atoms with Crippen LogP contribution in [-0.2, 0) is 17.9 Å². The summed E-state index contributed by atoms with van der Waals surface area (Å²) in [6.45, 7) is 1.09. The van der Waals surface area contributed by atoms with E-state index in [0.29, 0.717) is 18.8 Å². The second-order valence-electron chi connectivity index (χ2n) is 5.97. The number of hydrogen-bond donors (Lipinski definition) is 2. The molecule has 0 atom stereocenters. The highest BCUT2D eigenvalue weighted by Gasteiger charge is 2.10. The summed E-state index contributed by atoms with van der Waals surface area (Å²) < 4.78 is 10.7. The molecule has 3 N–H and O–H groups in total. The van der Waals surface area contributed by atoms with Gasteiger partial charge in [-0.1, -0.05) is 30.3 Å². The van der Waals surface area contributed by atoms with E-state index in [9.17, 15) is 4.79 Å². The topological polar surface area (TPSA) is 89.2 Å². The molecule has 0 bridgehead atoms. The average Bonchev–Trinajstić information content (AvgIpc) is 2.67. The smallest absolute Gasteiger partial charge is 0.255 e. The first-order chi connectivity index (χ1) is 13.0. The van der Waals surface area contributed by atoms with Crippen molar-refractivity contribution < 1.29 is 14.3 Å². The van der Waals surface area contributed by atoms with Crippen LogP contribution in [0.1, 0.15) is 11.1 Å². The molecule has 8 heteroatoms. The minimum atomic E-state index is -0.503. The van der Waals surface area contributed by atoms with Crippen LogP contribution in [0.3, 0.4) is 0 Å². The lowest BCUT2D eigenvalue weighted by atomic mass is 10.2. The summed E-state index contributed by atoms with van der Waals surface area (Å²) >= 11 is 0. The third kappa shape index (κ3) is 7.26. The molecule has 0 aromatic heterocycles. The monoisotopic (exact) mass is 498 g/mol. The molecule has 0 radical (unpaired) electrons. The van der Waals surface area contributed by atoms with Crippen molar-refractivity contribution in [3.8, 4) is 11.5 Å². The molecule has 2 rings (SSSR count). The van der Waals surface area contributed by atoms with Gasteiger partial charge in [0, 0.05) is 32.7 Å². The molecule has 0 heterocycles. The van der Waals surface area contributed by atoms with Gasteiger partial charge >= 0.3 is 0 Å². The second-order valence-corrected chi connectivity index (χ2v) is 5.97. The molecule has 0 aliphatic heterocycles. The number of ether oxygens (including phenoxy) is 2. The van der Waals surface area contributed by atoms with Crippen molar-refractivity contribution in [1.29, 1.82) is 0 Å². The summed E-state index contributed by atoms with van der Waals surface area (Å²) in [5, 5.41) is 3.32. The highest BCUT2D eigenvalue weighted by Crippen LogP contribution is 2.19. The van der Waals surface area contributed by atoms with Gasteiger partial charge in [-0.3, -0.25) is 9.79 Å². The second kappa shape index (κ2) is 12.1. The molecule has 28 heavy (non-hydrogen) atoms. The van der Waals surface area contributed by atoms with Crippen molar-refractivity contribution in [2.75, 3.05) is 27.8 Å². The molecule has 1 amide bonds. The van der Waals surface area contributed by atoms with Gasteiger partial charge in [0.1, 0.15) is 11.5 Å². The quantitative estimate of drug-likeness (QED) is 0.332. The molecule has 0 saturated heterocycles. The van der Waals surface area contributed by atoms with E-state index in [-0.39, 0.29) is 30.6 Å². The summed E-state index contributed by atoms with van der Waals surface area (Å²) in [6.07, 6.45) is 0. The molecular formula is C20H27IN4O3. The van der Waals surface area contributed by atoms with Crippen LogP contribution in [-0.4, -0.2) is 44.6 Å². The SMILES string of the molecule is CN=C(NCc1cccc(OCC(N)=O)c1)N(C)Cc1ccccc1OC.I. The fourth-order valence-electron chi connectivity index (χ4n) is 2.63. The Morgan fingerprint density at radius 1 is 1.21 bits per heavy atom. The van der Waals surface area contributed by atoms with Crippen molar-refractivity contribution in [2.24, 2.45) is 10.7 Å². The Balaban J connectivity index is 0.00000392. The van der Waals surface area contributed by atoms with Crippen LogP contribution < -0.4 is 20.5 Å². The zero-order valence-electron chi connectivity index (χ0n) is 16.3. The first-order valence-corrected chi connectivity index (χ1v) is 8.57. The van der Waals surface area contributed by atoms with Gasteiger partial charge in [0.15, 0.2) is 12.6 Å². The highest BCUT2D eigenvalue weighted by molar-refractivity contribution is 14.0. The Morgan fingerprint density at radius 2 is 1.96 bits per heavy atom. The largest absolute Gasteiger partial charge is 0.496 e. The fourth-order valence-corrected chi connectivity index (χ4v) is 2.63. The van der Waals surface area contributed by atoms with Crippen molar-refractivity contribution in [3.05, 3.63) is 59.7 Å². The van der Waals surface area contributed by atoms with Gasteiger partial charge in [-0.2, -0.15) is 0 Å². The number of carbonyl (C=O) groups excluding carboxylic acids is 1. The zero-order valence-corrected chi connectivity index (χ0v) is 18.7. The maximum Gasteiger partial charge on any atom is 0.255 e. The van der Waals surface area contributed by atoms with E-state index in [1.165, 1.54) is 0 Å². The van der Waals surface area contributed by atoms with Gasteiger partial charge in [-0.15, -0.1) is 24.0 Å². The van der Waals surface area contributed by atoms with E-state index in [4.69, 9.17) is 15.2 Å². The summed E-state index contributed by atoms with van der Waals surface area (Å²) in [4.78, 5) is 17.2. The number of nitrogens with two attached hydrogens (primary N) is 1. The summed E-state index contributed by atoms with van der Waals surface area (Å²) in [6, 6.07) is 15.4. The van der Waals surface area contributed by atoms with Crippen LogP contribution >= 0.6 is 24.0 Å². The van der Waals surface area contributed by atoms with Gasteiger partial charge < -0.3 is 25.4 Å². The molecule has 0 fully saturated rings. The first-order valence-electron chi connectivity index (χ1n) is 8.57. The molecule has 0 spiro atoms. The van der Waals surface area contributed by atoms with Crippen LogP contribution in [0.2, 0.25) is 0 Å². The Bertz CT molecular complexity index is 799. The number of amides is 1. The van der Waals surface area contributed by atoms with Crippen LogP contribution in [0.4, 0.5) is 0 Å². The number of carbonyl (C=O) groups is 1. The Hall–Kier alpha value is -2.49. The van der Waals surface area contributed by atoms with E-state index < -0.39 is 5.91 Å². The number of primary amides is 1. The standard InChI is InChI=1S/C20H26N4O3.HI/c1-22-20(24(2)13-16-8-4-5-10-18(16)26-3)23-12-15-7-6-9-17(11-15)27-14-19(21)25;/h4-11H,12-14H2,1-3H3,(H2,21,25)(H,22,23);1H. The van der Waals surface area contributed by atoms with Crippen LogP contribution in [0.25, 0.3) is 0 Å². The van der Waals surface area contributed by atoms with Gasteiger partial charge in [0.25, 0.3) is 5.91 Å². The molecule has 2 aromatic carbocycles. The Morgan fingerprint density at radius 3 is 2.64 bits per heavy atom. The average molecular weight is 498 g/mol. The number of aliphatic imine (C=N–C) groups is 1. The molecule has 0 aliphatic carbocycles. The number of methoxy groups -OCH3 is 1. The van der Waals surface area contributed by atoms with Crippen molar-refractivity contribution in [1.82, 2.24) is 10.2 Å². The lowest BCUT2D eigenvalue weighted by molar-refractivity contribution is -0.119. The van der Waals surface area contributed by atoms with E-state index >= 15 is 0 Å². The van der Waals surface area contributed by atoms with Crippen molar-refractivity contribution >= 4 is 35.8 Å². The normalized spacial score (nSPS) is 10.6. The number of guanidine groups is 1. The number of nitrogens with one attached hydrogen (secondary N) is 1. The maximum absolute atomic E-state index is 10.8. The van der Waals surface area contributed by atoms with Crippen LogP contribution in [0.5, 0.6) is 11.5 Å². The fraction of sp³-hybridized carbons (Fsp3) is 0.300.